The van der Waals surface area contributed by atoms with Crippen molar-refractivity contribution in [2.24, 2.45) is 11.8 Å². The van der Waals surface area contributed by atoms with E-state index in [0.717, 1.165) is 55.5 Å². The second kappa shape index (κ2) is 11.6. The lowest BCUT2D eigenvalue weighted by Crippen LogP contribution is -2.41. The van der Waals surface area contributed by atoms with Crippen LogP contribution in [0.25, 0.3) is 17.1 Å². The van der Waals surface area contributed by atoms with Crippen molar-refractivity contribution in [3.8, 4) is 5.75 Å². The molecule has 0 saturated carbocycles. The standard InChI is InChI=1S/C29H34Cl2N4O3/c1-4-37-29(36)18-9-11-35(12-10-18)27(31)21-6-5-20-14-23(8-7-19(20)13-21)38-25(17(2)3)22-15-24-26(30)33-34-28(24)32-16-22/h7-8,13-18,25,27H,4-6,9-12H2,1-3H3,(H,32,33,34). The van der Waals surface area contributed by atoms with E-state index in [4.69, 9.17) is 32.7 Å². The minimum absolute atomic E-state index is 0.0152. The summed E-state index contributed by atoms with van der Waals surface area (Å²) in [5, 5.41) is 8.16. The van der Waals surface area contributed by atoms with Gasteiger partial charge in [0.15, 0.2) is 5.65 Å². The van der Waals surface area contributed by atoms with Gasteiger partial charge in [0, 0.05) is 24.8 Å². The number of pyridine rings is 1. The van der Waals surface area contributed by atoms with Gasteiger partial charge in [-0.15, -0.1) is 11.6 Å². The van der Waals surface area contributed by atoms with Crippen molar-refractivity contribution < 1.29 is 14.3 Å². The lowest BCUT2D eigenvalue weighted by Gasteiger charge is -2.35. The number of aryl methyl sites for hydroxylation is 1. The van der Waals surface area contributed by atoms with Crippen molar-refractivity contribution >= 4 is 46.3 Å². The van der Waals surface area contributed by atoms with Crippen LogP contribution in [0.4, 0.5) is 0 Å². The number of carbonyl (C=O) groups excluding carboxylic acids is 1. The fourth-order valence-electron chi connectivity index (χ4n) is 5.39. The highest BCUT2D eigenvalue weighted by Gasteiger charge is 2.31. The number of fused-ring (bicyclic) bond motifs is 2. The lowest BCUT2D eigenvalue weighted by atomic mass is 9.90. The summed E-state index contributed by atoms with van der Waals surface area (Å²) in [7, 11) is 0. The van der Waals surface area contributed by atoms with Crippen LogP contribution in [0.15, 0.2) is 36.0 Å². The Morgan fingerprint density at radius 2 is 2.00 bits per heavy atom. The summed E-state index contributed by atoms with van der Waals surface area (Å²) in [4.78, 5) is 18.8. The van der Waals surface area contributed by atoms with Gasteiger partial charge >= 0.3 is 5.97 Å². The fourth-order valence-corrected chi connectivity index (χ4v) is 5.93. The van der Waals surface area contributed by atoms with Crippen LogP contribution >= 0.6 is 23.2 Å². The molecule has 0 radical (unpaired) electrons. The number of aromatic nitrogens is 3. The Labute approximate surface area is 233 Å². The van der Waals surface area contributed by atoms with Crippen LogP contribution in [0.1, 0.15) is 62.8 Å². The van der Waals surface area contributed by atoms with Gasteiger partial charge in [-0.2, -0.15) is 5.10 Å². The summed E-state index contributed by atoms with van der Waals surface area (Å²) in [6.07, 6.45) is 7.25. The predicted molar refractivity (Wildman–Crippen MR) is 150 cm³/mol. The fraction of sp³-hybridized carbons (Fsp3) is 0.483. The maximum absolute atomic E-state index is 12.1. The van der Waals surface area contributed by atoms with Crippen LogP contribution in [0.5, 0.6) is 5.75 Å². The zero-order chi connectivity index (χ0) is 26.8. The van der Waals surface area contributed by atoms with Gasteiger partial charge in [0.2, 0.25) is 0 Å². The first-order valence-electron chi connectivity index (χ1n) is 13.4. The van der Waals surface area contributed by atoms with E-state index in [-0.39, 0.29) is 29.4 Å². The first kappa shape index (κ1) is 27.0. The molecule has 2 atom stereocenters. The van der Waals surface area contributed by atoms with Gasteiger partial charge in [-0.3, -0.25) is 14.8 Å². The quantitative estimate of drug-likeness (QED) is 0.192. The molecule has 2 unspecified atom stereocenters. The third-order valence-corrected chi connectivity index (χ3v) is 8.34. The molecule has 5 rings (SSSR count). The van der Waals surface area contributed by atoms with E-state index in [2.05, 4.69) is 52.1 Å². The maximum Gasteiger partial charge on any atom is 0.309 e. The Morgan fingerprint density at radius 3 is 2.74 bits per heavy atom. The minimum Gasteiger partial charge on any atom is -0.485 e. The van der Waals surface area contributed by atoms with E-state index >= 15 is 0 Å². The monoisotopic (exact) mass is 556 g/mol. The van der Waals surface area contributed by atoms with E-state index in [1.807, 2.05) is 25.3 Å². The molecule has 1 aliphatic heterocycles. The van der Waals surface area contributed by atoms with E-state index in [1.54, 1.807) is 0 Å². The molecule has 0 spiro atoms. The number of rotatable bonds is 8. The number of halogens is 2. The molecule has 38 heavy (non-hydrogen) atoms. The number of hydrogen-bond donors (Lipinski definition) is 1. The Balaban J connectivity index is 1.27. The number of hydrogen-bond acceptors (Lipinski definition) is 6. The highest BCUT2D eigenvalue weighted by molar-refractivity contribution is 6.34. The summed E-state index contributed by atoms with van der Waals surface area (Å²) in [6, 6.07) is 8.29. The van der Waals surface area contributed by atoms with Gasteiger partial charge < -0.3 is 9.47 Å². The lowest BCUT2D eigenvalue weighted by molar-refractivity contribution is -0.149. The summed E-state index contributed by atoms with van der Waals surface area (Å²) in [5.41, 5.74) is 5.06. The Morgan fingerprint density at radius 1 is 1.21 bits per heavy atom. The van der Waals surface area contributed by atoms with Gasteiger partial charge in [0.25, 0.3) is 0 Å². The number of esters is 1. The second-order valence-electron chi connectivity index (χ2n) is 10.4. The van der Waals surface area contributed by atoms with Gasteiger partial charge in [0.1, 0.15) is 22.5 Å². The number of H-pyrrole nitrogens is 1. The van der Waals surface area contributed by atoms with E-state index < -0.39 is 0 Å². The van der Waals surface area contributed by atoms with Gasteiger partial charge in [-0.05, 0) is 73.4 Å². The summed E-state index contributed by atoms with van der Waals surface area (Å²) < 4.78 is 11.7. The minimum atomic E-state index is -0.171. The molecule has 1 aliphatic carbocycles. The largest absolute Gasteiger partial charge is 0.485 e. The summed E-state index contributed by atoms with van der Waals surface area (Å²) in [5.74, 6) is 0.969. The molecule has 2 aliphatic rings. The highest BCUT2D eigenvalue weighted by Crippen LogP contribution is 2.36. The average Bonchev–Trinajstić information content (AvgIpc) is 3.30. The molecule has 7 nitrogen and oxygen atoms in total. The first-order chi connectivity index (χ1) is 18.3. The molecule has 0 bridgehead atoms. The normalized spacial score (nSPS) is 18.2. The maximum atomic E-state index is 12.1. The van der Waals surface area contributed by atoms with Gasteiger partial charge in [-0.1, -0.05) is 37.6 Å². The molecule has 1 saturated heterocycles. The molecule has 3 aromatic rings. The number of ether oxygens (including phenoxy) is 2. The topological polar surface area (TPSA) is 80.3 Å². The molecule has 1 fully saturated rings. The smallest absolute Gasteiger partial charge is 0.309 e. The van der Waals surface area contributed by atoms with Gasteiger partial charge in [0.05, 0.1) is 17.9 Å². The van der Waals surface area contributed by atoms with Crippen LogP contribution < -0.4 is 4.74 Å². The summed E-state index contributed by atoms with van der Waals surface area (Å²) in [6.45, 7) is 8.15. The first-order valence-corrected chi connectivity index (χ1v) is 14.2. The Bertz CT molecular complexity index is 1330. The van der Waals surface area contributed by atoms with Crippen LogP contribution in [0.3, 0.4) is 0 Å². The molecular weight excluding hydrogens is 523 g/mol. The molecular formula is C29H34Cl2N4O3. The molecule has 1 N–H and O–H groups in total. The molecule has 3 heterocycles. The molecule has 9 heteroatoms. The van der Waals surface area contributed by atoms with Crippen LogP contribution in [0.2, 0.25) is 5.15 Å². The molecule has 2 aromatic heterocycles. The zero-order valence-electron chi connectivity index (χ0n) is 22.0. The van der Waals surface area contributed by atoms with Crippen molar-refractivity contribution in [3.05, 3.63) is 57.9 Å². The van der Waals surface area contributed by atoms with Crippen molar-refractivity contribution in [1.29, 1.82) is 0 Å². The number of alkyl halides is 1. The van der Waals surface area contributed by atoms with Crippen LogP contribution in [-0.2, 0) is 16.0 Å². The molecule has 202 valence electrons. The van der Waals surface area contributed by atoms with E-state index in [9.17, 15) is 4.79 Å². The number of benzene rings is 1. The third-order valence-electron chi connectivity index (χ3n) is 7.50. The SMILES string of the molecule is CCOC(=O)C1CCN(C(Cl)C2=Cc3ccc(OC(c4cnc5n[nH]c(Cl)c5c4)C(C)C)cc3CC2)CC1. The van der Waals surface area contributed by atoms with Crippen LogP contribution in [-0.4, -0.2) is 51.2 Å². The number of nitrogens with zero attached hydrogens (tertiary/aromatic N) is 3. The van der Waals surface area contributed by atoms with Crippen LogP contribution in [0, 0.1) is 11.8 Å². The van der Waals surface area contributed by atoms with E-state index in [0.29, 0.717) is 17.4 Å². The number of piperidine rings is 1. The van der Waals surface area contributed by atoms with Crippen molar-refractivity contribution in [2.45, 2.75) is 58.1 Å². The predicted octanol–water partition coefficient (Wildman–Crippen LogP) is 6.56. The summed E-state index contributed by atoms with van der Waals surface area (Å²) >= 11 is 13.2. The number of carbonyl (C=O) groups is 1. The second-order valence-corrected chi connectivity index (χ2v) is 11.2. The van der Waals surface area contributed by atoms with Crippen molar-refractivity contribution in [3.63, 3.8) is 0 Å². The van der Waals surface area contributed by atoms with Crippen molar-refractivity contribution in [1.82, 2.24) is 20.1 Å². The zero-order valence-corrected chi connectivity index (χ0v) is 23.6. The third kappa shape index (κ3) is 5.70. The average molecular weight is 558 g/mol. The highest BCUT2D eigenvalue weighted by atomic mass is 35.5. The molecule has 0 amide bonds. The molecule has 1 aromatic carbocycles. The number of likely N-dealkylation sites (tertiary alicyclic amines) is 1. The Kier molecular flexibility index (Phi) is 8.26. The number of nitrogens with one attached hydrogen (secondary N) is 1. The number of aromatic amines is 1. The Hall–Kier alpha value is -2.61. The van der Waals surface area contributed by atoms with E-state index in [1.165, 1.54) is 16.7 Å². The van der Waals surface area contributed by atoms with Crippen molar-refractivity contribution in [2.75, 3.05) is 19.7 Å². The van der Waals surface area contributed by atoms with Gasteiger partial charge in [-0.25, -0.2) is 4.98 Å².